The van der Waals surface area contributed by atoms with Crippen molar-refractivity contribution < 1.29 is 28.2 Å². The Bertz CT molecular complexity index is 1300. The Morgan fingerprint density at radius 2 is 1.88 bits per heavy atom. The highest BCUT2D eigenvalue weighted by Gasteiger charge is 2.32. The number of amides is 1. The molecule has 0 radical (unpaired) electrons. The highest BCUT2D eigenvalue weighted by Crippen LogP contribution is 2.38. The van der Waals surface area contributed by atoms with E-state index in [4.69, 9.17) is 4.74 Å². The monoisotopic (exact) mass is 588 g/mol. The maximum atomic E-state index is 14.6. The topological polar surface area (TPSA) is 120 Å². The molecule has 2 aromatic rings. The summed E-state index contributed by atoms with van der Waals surface area (Å²) in [5.74, 6) is -3.04. The lowest BCUT2D eigenvalue weighted by molar-refractivity contribution is -0.142. The Kier molecular flexibility index (Phi) is 8.93. The van der Waals surface area contributed by atoms with Crippen molar-refractivity contribution in [2.24, 2.45) is 5.92 Å². The molecule has 0 aliphatic carbocycles. The molecular weight excluding hydrogens is 554 g/mol. The van der Waals surface area contributed by atoms with Gasteiger partial charge < -0.3 is 25.4 Å². The summed E-state index contributed by atoms with van der Waals surface area (Å²) in [6.45, 7) is 4.80. The molecule has 3 aliphatic rings. The van der Waals surface area contributed by atoms with Gasteiger partial charge >= 0.3 is 5.97 Å². The number of benzene rings is 1. The SMILES string of the molecule is CC[C@@H]1CCCN1CC1=C(c2cc(F)c(OC)c(F)c2)NC(NC(=O)c2cnc(N3CCC(C(=O)O)CC3)cn2)S1. The minimum Gasteiger partial charge on any atom is -0.491 e. The fraction of sp³-hybridized carbons (Fsp3) is 0.500. The number of hydrogen-bond donors (Lipinski definition) is 3. The number of carbonyl (C=O) groups is 2. The van der Waals surface area contributed by atoms with Crippen molar-refractivity contribution in [3.63, 3.8) is 0 Å². The predicted octanol–water partition coefficient (Wildman–Crippen LogP) is 3.66. The van der Waals surface area contributed by atoms with Gasteiger partial charge in [0, 0.05) is 36.1 Å². The van der Waals surface area contributed by atoms with Crippen molar-refractivity contribution in [2.75, 3.05) is 38.2 Å². The minimum atomic E-state index is -0.802. The highest BCUT2D eigenvalue weighted by atomic mass is 32.2. The number of rotatable bonds is 9. The van der Waals surface area contributed by atoms with Gasteiger partial charge in [0.2, 0.25) is 0 Å². The number of likely N-dealkylation sites (tertiary alicyclic amines) is 1. The van der Waals surface area contributed by atoms with Crippen molar-refractivity contribution in [1.82, 2.24) is 25.5 Å². The van der Waals surface area contributed by atoms with E-state index in [2.05, 4.69) is 32.4 Å². The number of halogens is 2. The summed E-state index contributed by atoms with van der Waals surface area (Å²) in [5.41, 5.74) is 0.440. The van der Waals surface area contributed by atoms with Gasteiger partial charge in [0.25, 0.3) is 5.91 Å². The molecule has 0 bridgehead atoms. The first-order valence-electron chi connectivity index (χ1n) is 13.8. The van der Waals surface area contributed by atoms with E-state index < -0.39 is 34.8 Å². The van der Waals surface area contributed by atoms with Gasteiger partial charge in [-0.25, -0.2) is 18.7 Å². The molecule has 0 saturated carbocycles. The summed E-state index contributed by atoms with van der Waals surface area (Å²) < 4.78 is 34.1. The second-order valence-corrected chi connectivity index (χ2v) is 11.6. The smallest absolute Gasteiger partial charge is 0.306 e. The second-order valence-electron chi connectivity index (χ2n) is 10.4. The van der Waals surface area contributed by atoms with Crippen molar-refractivity contribution in [3.8, 4) is 5.75 Å². The van der Waals surface area contributed by atoms with E-state index in [9.17, 15) is 23.5 Å². The van der Waals surface area contributed by atoms with Crippen LogP contribution in [0.5, 0.6) is 5.75 Å². The third kappa shape index (κ3) is 6.40. The molecule has 5 rings (SSSR count). The van der Waals surface area contributed by atoms with Crippen molar-refractivity contribution in [3.05, 3.63) is 52.3 Å². The van der Waals surface area contributed by atoms with E-state index in [1.807, 2.05) is 4.90 Å². The standard InChI is InChI=1S/C28H34F2N6O4S/c1-3-18-5-4-8-36(18)15-22-24(17-11-19(29)25(40-2)20(30)12-17)33-28(41-22)34-26(37)21-13-32-23(14-31-21)35-9-6-16(7-10-35)27(38)39/h11-14,16,18,28,33H,3-10,15H2,1-2H3,(H,34,37)(H,38,39)/t18-,28?/m1/s1. The number of hydrogen-bond acceptors (Lipinski definition) is 9. The first-order valence-corrected chi connectivity index (χ1v) is 14.7. The van der Waals surface area contributed by atoms with Crippen LogP contribution in [-0.2, 0) is 4.79 Å². The number of thioether (sulfide) groups is 1. The van der Waals surface area contributed by atoms with Crippen LogP contribution in [0.1, 0.15) is 55.1 Å². The van der Waals surface area contributed by atoms with Crippen molar-refractivity contribution in [2.45, 2.75) is 50.6 Å². The molecular formula is C28H34F2N6O4S. The molecule has 3 aliphatic heterocycles. The van der Waals surface area contributed by atoms with Gasteiger partial charge in [-0.15, -0.1) is 0 Å². The lowest BCUT2D eigenvalue weighted by atomic mass is 9.97. The van der Waals surface area contributed by atoms with Crippen LogP contribution in [0.3, 0.4) is 0 Å². The maximum absolute atomic E-state index is 14.6. The Hall–Kier alpha value is -3.45. The normalized spacial score (nSPS) is 21.7. The molecule has 1 aromatic heterocycles. The molecule has 2 saturated heterocycles. The Morgan fingerprint density at radius 1 is 1.15 bits per heavy atom. The van der Waals surface area contributed by atoms with E-state index in [0.717, 1.165) is 30.7 Å². The zero-order chi connectivity index (χ0) is 29.1. The second kappa shape index (κ2) is 12.6. The van der Waals surface area contributed by atoms with Crippen LogP contribution in [-0.4, -0.2) is 76.7 Å². The molecule has 1 amide bonds. The quantitative estimate of drug-likeness (QED) is 0.400. The van der Waals surface area contributed by atoms with Gasteiger partial charge in [-0.2, -0.15) is 0 Å². The first-order chi connectivity index (χ1) is 19.8. The third-order valence-electron chi connectivity index (χ3n) is 7.92. The van der Waals surface area contributed by atoms with E-state index in [1.165, 1.54) is 43.4 Å². The number of nitrogens with zero attached hydrogens (tertiary/aromatic N) is 4. The maximum Gasteiger partial charge on any atom is 0.306 e. The van der Waals surface area contributed by atoms with Crippen LogP contribution in [0.2, 0.25) is 0 Å². The third-order valence-corrected chi connectivity index (χ3v) is 9.01. The summed E-state index contributed by atoms with van der Waals surface area (Å²) in [6.07, 6.45) is 7.18. The van der Waals surface area contributed by atoms with Crippen molar-refractivity contribution >= 4 is 35.2 Å². The zero-order valence-electron chi connectivity index (χ0n) is 23.0. The molecule has 0 spiro atoms. The number of aromatic nitrogens is 2. The zero-order valence-corrected chi connectivity index (χ0v) is 23.8. The lowest BCUT2D eigenvalue weighted by Crippen LogP contribution is -2.40. The number of methoxy groups -OCH3 is 1. The summed E-state index contributed by atoms with van der Waals surface area (Å²) in [7, 11) is 1.22. The molecule has 10 nitrogen and oxygen atoms in total. The van der Waals surface area contributed by atoms with Gasteiger partial charge in [-0.3, -0.25) is 14.5 Å². The average molecular weight is 589 g/mol. The van der Waals surface area contributed by atoms with E-state index >= 15 is 0 Å². The predicted molar refractivity (Wildman–Crippen MR) is 151 cm³/mol. The van der Waals surface area contributed by atoms with Gasteiger partial charge in [-0.1, -0.05) is 18.7 Å². The largest absolute Gasteiger partial charge is 0.491 e. The minimum absolute atomic E-state index is 0.124. The van der Waals surface area contributed by atoms with Crippen LogP contribution in [0.15, 0.2) is 29.4 Å². The van der Waals surface area contributed by atoms with E-state index in [-0.39, 0.29) is 11.6 Å². The molecule has 1 unspecified atom stereocenters. The summed E-state index contributed by atoms with van der Waals surface area (Å²) in [5, 5.41) is 15.3. The van der Waals surface area contributed by atoms with Gasteiger partial charge in [0.1, 0.15) is 11.5 Å². The summed E-state index contributed by atoms with van der Waals surface area (Å²) >= 11 is 1.40. The number of carboxylic acids is 1. The van der Waals surface area contributed by atoms with Crippen LogP contribution >= 0.6 is 11.8 Å². The molecule has 3 N–H and O–H groups in total. The fourth-order valence-corrected chi connectivity index (χ4v) is 6.83. The first kappa shape index (κ1) is 29.1. The van der Waals surface area contributed by atoms with Gasteiger partial charge in [0.05, 0.1) is 31.1 Å². The Balaban J connectivity index is 1.28. The molecule has 2 atom stereocenters. The van der Waals surface area contributed by atoms with E-state index in [0.29, 0.717) is 55.6 Å². The molecule has 2 fully saturated rings. The Morgan fingerprint density at radius 3 is 2.49 bits per heavy atom. The van der Waals surface area contributed by atoms with Crippen LogP contribution < -0.4 is 20.3 Å². The molecule has 41 heavy (non-hydrogen) atoms. The van der Waals surface area contributed by atoms with Crippen molar-refractivity contribution in [1.29, 1.82) is 0 Å². The number of anilines is 1. The summed E-state index contributed by atoms with van der Waals surface area (Å²) in [4.78, 5) is 38.2. The van der Waals surface area contributed by atoms with Crippen LogP contribution in [0.4, 0.5) is 14.6 Å². The van der Waals surface area contributed by atoms with E-state index in [1.54, 1.807) is 0 Å². The van der Waals surface area contributed by atoms with Gasteiger partial charge in [-0.05, 0) is 50.8 Å². The highest BCUT2D eigenvalue weighted by molar-refractivity contribution is 8.04. The molecule has 13 heteroatoms. The molecule has 4 heterocycles. The fourth-order valence-electron chi connectivity index (χ4n) is 5.67. The number of carbonyl (C=O) groups excluding carboxylic acids is 1. The lowest BCUT2D eigenvalue weighted by Gasteiger charge is -2.30. The Labute approximate surface area is 241 Å². The molecule has 220 valence electrons. The number of carboxylic acid groups (broad SMARTS) is 1. The molecule has 1 aromatic carbocycles. The number of aliphatic carboxylic acids is 1. The number of piperidine rings is 1. The average Bonchev–Trinajstić information content (AvgIpc) is 3.59. The van der Waals surface area contributed by atoms with Crippen LogP contribution in [0.25, 0.3) is 5.70 Å². The number of nitrogens with one attached hydrogen (secondary N) is 2. The van der Waals surface area contributed by atoms with Crippen LogP contribution in [0, 0.1) is 17.6 Å². The summed E-state index contributed by atoms with van der Waals surface area (Å²) in [6, 6.07) is 2.91. The number of ether oxygens (including phenoxy) is 1. The van der Waals surface area contributed by atoms with Gasteiger partial charge in [0.15, 0.2) is 22.9 Å².